The summed E-state index contributed by atoms with van der Waals surface area (Å²) in [5.74, 6) is -1.19. The second-order valence-corrected chi connectivity index (χ2v) is 37.8. The first kappa shape index (κ1) is 91.1. The number of esters is 2. The zero-order valence-electron chi connectivity index (χ0n) is 70.8. The largest absolute Gasteiger partial charge is 1.00 e. The number of hydrogen-bond donors (Lipinski definition) is 2. The van der Waals surface area contributed by atoms with E-state index in [0.717, 1.165) is 161 Å². The molecule has 117 heavy (non-hydrogen) atoms. The fourth-order valence-electron chi connectivity index (χ4n) is 24.8. The Morgan fingerprint density at radius 2 is 0.658 bits per heavy atom. The van der Waals surface area contributed by atoms with Crippen LogP contribution in [0.2, 0.25) is 5.15 Å². The number of ether oxygens (including phenoxy) is 2. The van der Waals surface area contributed by atoms with Crippen LogP contribution < -0.4 is 52.0 Å². The molecule has 9 heterocycles. The molecule has 0 spiro atoms. The molecule has 23 heteroatoms. The van der Waals surface area contributed by atoms with E-state index in [9.17, 15) is 33.9 Å². The molecule has 6 bridgehead atoms. The van der Waals surface area contributed by atoms with Crippen LogP contribution in [0.5, 0.6) is 0 Å². The smallest absolute Gasteiger partial charge is 0.870 e. The molecule has 6 aliphatic heterocycles. The predicted octanol–water partition coefficient (Wildman–Crippen LogP) is 16.0. The summed E-state index contributed by atoms with van der Waals surface area (Å²) in [4.78, 5) is 101. The number of nitrogens with two attached hydrogens (primary N) is 1. The number of piperidine rings is 3. The third-order valence-electron chi connectivity index (χ3n) is 30.4. The molecule has 636 valence electrons. The molecule has 9 atom stereocenters. The number of fused-ring (bicyclic) bond motifs is 9. The average Bonchev–Trinajstić information content (AvgIpc) is 1.75. The van der Waals surface area contributed by atoms with Crippen LogP contribution in [0.15, 0.2) is 87.2 Å². The van der Waals surface area contributed by atoms with Crippen molar-refractivity contribution in [2.75, 3.05) is 14.2 Å². The topological polar surface area (TPSA) is 260 Å². The summed E-state index contributed by atoms with van der Waals surface area (Å²) in [6.45, 7) is 0. The molecule has 3 aromatic heterocycles. The summed E-state index contributed by atoms with van der Waals surface area (Å²) < 4.78 is 16.0. The average molecular weight is 1660 g/mol. The van der Waals surface area contributed by atoms with Gasteiger partial charge in [-0.2, -0.15) is 0 Å². The molecule has 4 N–H and O–H groups in total. The first-order chi connectivity index (χ1) is 55.6. The van der Waals surface area contributed by atoms with Gasteiger partial charge in [-0.3, -0.25) is 43.5 Å². The number of carbonyl (C=O) groups is 3. The van der Waals surface area contributed by atoms with Gasteiger partial charge in [0, 0.05) is 85.3 Å². The van der Waals surface area contributed by atoms with Crippen molar-refractivity contribution < 1.29 is 64.0 Å². The molecule has 3 aromatic carbocycles. The van der Waals surface area contributed by atoms with Gasteiger partial charge in [0.1, 0.15) is 16.9 Å². The molecule has 18 rings (SSSR count). The van der Waals surface area contributed by atoms with Crippen LogP contribution in [-0.4, -0.2) is 146 Å². The number of para-hydroxylation sites is 6. The fraction of sp³-hybridized carbons (Fsp3) is 0.713. The number of carboxylic acid groups (broad SMARTS) is 1. The van der Waals surface area contributed by atoms with E-state index in [1.165, 1.54) is 194 Å². The number of halogens is 2. The van der Waals surface area contributed by atoms with E-state index in [1.54, 1.807) is 0 Å². The standard InChI is InChI=1S/C32H45N3O3.C31H43N3O3.C23H30ClN3O.C8H15NO2.ClH.Na.H2O/c1-38-31(37)32(18-10-5-11-19-32)22-28-30(36)35(29-15-9-8-14-27(29)33-28)26-20-24-16-17-25(21-26)34(24)23-12-6-3-2-4-7-13-23;35-29-27(21-31(30(36)37)17-9-4-10-18-31)32-26-13-7-8-14-28(26)34(29)25-19-23-15-16-24(20-25)33(23)22-11-5-2-1-3-6-12-22;24-22-23(28)27(21-11-7-6-10-20(21)25-22)19-14-17-12-13-18(15-19)26(17)16-8-4-2-1-3-5-9-16;1-11-7(10)8(9)5-3-2-4-6-8;;;/h8-9,14-15,23-26H,2-7,10-13,16-22H2,1H3;7-8,13-14,22-25H,1-6,9-12,15-21H2,(H,36,37);6-7,10-11,16-19H,1-5,8-9,12-15H2;2-6,9H2,1H3;1H;;1H2/q;;;;;+1;/p-1/t24-,25+,26?;23-,24+,25?;17-,18+,19?;;;;. The Kier molecular flexibility index (Phi) is 32.6. The molecule has 6 aromatic rings. The van der Waals surface area contributed by atoms with Gasteiger partial charge in [-0.1, -0.05) is 202 Å². The minimum atomic E-state index is -0.856. The second kappa shape index (κ2) is 41.8. The van der Waals surface area contributed by atoms with Crippen LogP contribution >= 0.6 is 24.0 Å². The van der Waals surface area contributed by atoms with Gasteiger partial charge in [0.15, 0.2) is 5.15 Å². The zero-order chi connectivity index (χ0) is 78.9. The van der Waals surface area contributed by atoms with Crippen LogP contribution in [0.3, 0.4) is 0 Å². The van der Waals surface area contributed by atoms with Crippen molar-refractivity contribution in [3.8, 4) is 0 Å². The van der Waals surface area contributed by atoms with Gasteiger partial charge in [0.2, 0.25) is 0 Å². The molecule has 12 aliphatic rings. The van der Waals surface area contributed by atoms with Gasteiger partial charge in [-0.25, -0.2) is 15.0 Å². The van der Waals surface area contributed by atoms with Crippen molar-refractivity contribution in [3.63, 3.8) is 0 Å². The fourth-order valence-corrected chi connectivity index (χ4v) is 25.0. The first-order valence-electron chi connectivity index (χ1n) is 45.7. The van der Waals surface area contributed by atoms with E-state index in [1.807, 2.05) is 75.9 Å². The Bertz CT molecular complexity index is 4420. The van der Waals surface area contributed by atoms with Gasteiger partial charge in [-0.15, -0.1) is 12.4 Å². The molecule has 20 nitrogen and oxygen atoms in total. The maximum atomic E-state index is 14.2. The van der Waals surface area contributed by atoms with Gasteiger partial charge >= 0.3 is 47.5 Å². The summed E-state index contributed by atoms with van der Waals surface area (Å²) in [5.41, 5.74) is 9.83. The van der Waals surface area contributed by atoms with Crippen molar-refractivity contribution in [3.05, 3.63) is 120 Å². The van der Waals surface area contributed by atoms with Gasteiger partial charge in [0.05, 0.1) is 58.1 Å². The zero-order valence-corrected chi connectivity index (χ0v) is 74.3. The maximum Gasteiger partial charge on any atom is 1.00 e. The van der Waals surface area contributed by atoms with Crippen molar-refractivity contribution in [2.45, 2.75) is 399 Å². The summed E-state index contributed by atoms with van der Waals surface area (Å²) in [5, 5.41) is 10.3. The van der Waals surface area contributed by atoms with Gasteiger partial charge in [-0.05, 0) is 190 Å². The van der Waals surface area contributed by atoms with Crippen molar-refractivity contribution in [2.24, 2.45) is 16.6 Å². The van der Waals surface area contributed by atoms with E-state index < -0.39 is 22.3 Å². The van der Waals surface area contributed by atoms with Crippen LogP contribution in [0, 0.1) is 10.8 Å². The number of carboxylic acids is 1. The Labute approximate surface area is 727 Å². The van der Waals surface area contributed by atoms with Gasteiger partial charge < -0.3 is 39.5 Å². The molecule has 12 fully saturated rings. The molecule has 0 radical (unpaired) electrons. The molecule has 6 saturated heterocycles. The minimum Gasteiger partial charge on any atom is -0.870 e. The van der Waals surface area contributed by atoms with Crippen molar-refractivity contribution >= 4 is 75.0 Å². The molecule has 0 amide bonds. The Balaban J connectivity index is 0.000000151. The van der Waals surface area contributed by atoms with E-state index >= 15 is 0 Å². The number of rotatable bonds is 13. The number of carbonyl (C=O) groups excluding carboxylic acids is 2. The predicted molar refractivity (Wildman–Crippen MR) is 461 cm³/mol. The van der Waals surface area contributed by atoms with Crippen molar-refractivity contribution in [1.82, 2.24) is 43.4 Å². The number of hydrogen-bond acceptors (Lipinski definition) is 16. The summed E-state index contributed by atoms with van der Waals surface area (Å²) in [6.07, 6.45) is 57.0. The summed E-state index contributed by atoms with van der Waals surface area (Å²) >= 11 is 6.23. The molecule has 6 saturated carbocycles. The Morgan fingerprint density at radius 3 is 0.983 bits per heavy atom. The SMILES string of the molecule is COC(=O)C1(Cc2nc3ccccc3n(C3C[C@H]4CC[C@@H](C3)N4C3CCCCCCC3)c2=O)CCCCC1.COC(=O)C1(N)CCCCC1.Cl.O=C(O)C1(Cc2nc3ccccc3n(C3C[C@H]4CC[C@@H](C3)N4C3CCCCCCC3)c2=O)CCCCC1.O=c1c(Cl)nc2ccccc2n1C1C[C@H]2CC[C@@H](C1)N2C1CCCCCCC1.[Na+].[OH-]. The van der Waals surface area contributed by atoms with E-state index in [2.05, 4.69) is 35.1 Å². The summed E-state index contributed by atoms with van der Waals surface area (Å²) in [6, 6.07) is 30.3. The molecule has 3 unspecified atom stereocenters. The number of methoxy groups -OCH3 is 2. The number of benzene rings is 3. The third-order valence-corrected chi connectivity index (χ3v) is 30.6. The minimum absolute atomic E-state index is 0. The molecule has 6 aliphatic carbocycles. The first-order valence-corrected chi connectivity index (χ1v) is 46.1. The molecular formula is C94H135Cl2N10NaO10. The maximum absolute atomic E-state index is 14.2. The second-order valence-electron chi connectivity index (χ2n) is 37.4. The van der Waals surface area contributed by atoms with Crippen LogP contribution in [0.1, 0.15) is 338 Å². The third kappa shape index (κ3) is 20.2. The Morgan fingerprint density at radius 1 is 0.385 bits per heavy atom. The number of aliphatic carboxylic acids is 1. The van der Waals surface area contributed by atoms with Crippen LogP contribution in [-0.2, 0) is 36.7 Å². The Hall–Kier alpha value is -5.13. The van der Waals surface area contributed by atoms with E-state index in [4.69, 9.17) is 32.0 Å². The van der Waals surface area contributed by atoms with E-state index in [0.29, 0.717) is 72.9 Å². The van der Waals surface area contributed by atoms with E-state index in [-0.39, 0.29) is 106 Å². The number of aromatic nitrogens is 6. The monoisotopic (exact) mass is 1660 g/mol. The quantitative estimate of drug-likeness (QED) is 0.0804. The summed E-state index contributed by atoms with van der Waals surface area (Å²) in [7, 11) is 2.87. The molecular weight excluding hydrogens is 1520 g/mol. The van der Waals surface area contributed by atoms with Crippen LogP contribution in [0.25, 0.3) is 33.1 Å². The normalized spacial score (nSPS) is 27.7. The van der Waals surface area contributed by atoms with Gasteiger partial charge in [0.25, 0.3) is 16.7 Å². The van der Waals surface area contributed by atoms with Crippen LogP contribution in [0.4, 0.5) is 0 Å². The van der Waals surface area contributed by atoms with Crippen molar-refractivity contribution in [1.29, 1.82) is 0 Å². The number of nitrogens with zero attached hydrogens (tertiary/aromatic N) is 9.